The Bertz CT molecular complexity index is 385. The first-order chi connectivity index (χ1) is 8.74. The predicted octanol–water partition coefficient (Wildman–Crippen LogP) is 3.84. The average molecular weight is 247 g/mol. The highest BCUT2D eigenvalue weighted by Crippen LogP contribution is 2.37. The van der Waals surface area contributed by atoms with E-state index in [1.54, 1.807) is 7.11 Å². The second-order valence-electron chi connectivity index (χ2n) is 5.39. The average Bonchev–Trinajstić information content (AvgIpc) is 2.32. The summed E-state index contributed by atoms with van der Waals surface area (Å²) in [6.45, 7) is 5.33. The first kappa shape index (κ1) is 13.4. The van der Waals surface area contributed by atoms with Gasteiger partial charge < -0.3 is 10.1 Å². The summed E-state index contributed by atoms with van der Waals surface area (Å²) in [5, 5.41) is 3.62. The summed E-state index contributed by atoms with van der Waals surface area (Å²) < 4.78 is 5.52. The van der Waals surface area contributed by atoms with Gasteiger partial charge in [0.25, 0.3) is 0 Å². The van der Waals surface area contributed by atoms with Crippen molar-refractivity contribution in [2.45, 2.75) is 45.6 Å². The smallest absolute Gasteiger partial charge is 0.123 e. The van der Waals surface area contributed by atoms with E-state index in [-0.39, 0.29) is 0 Å². The third-order valence-electron chi connectivity index (χ3n) is 4.00. The van der Waals surface area contributed by atoms with Gasteiger partial charge in [-0.1, -0.05) is 43.9 Å². The van der Waals surface area contributed by atoms with E-state index in [2.05, 4.69) is 37.4 Å². The van der Waals surface area contributed by atoms with Crippen LogP contribution in [0.2, 0.25) is 0 Å². The molecule has 0 aliphatic heterocycles. The molecule has 1 saturated carbocycles. The van der Waals surface area contributed by atoms with Crippen molar-refractivity contribution in [1.82, 2.24) is 5.32 Å². The lowest BCUT2D eigenvalue weighted by Crippen LogP contribution is -2.26. The van der Waals surface area contributed by atoms with Gasteiger partial charge in [-0.15, -0.1) is 0 Å². The van der Waals surface area contributed by atoms with E-state index < -0.39 is 0 Å². The van der Waals surface area contributed by atoms with Crippen molar-refractivity contribution >= 4 is 0 Å². The maximum Gasteiger partial charge on any atom is 0.123 e. The highest BCUT2D eigenvalue weighted by Gasteiger charge is 2.24. The van der Waals surface area contributed by atoms with Crippen LogP contribution in [0, 0.1) is 12.8 Å². The molecular formula is C16H25NO. The van der Waals surface area contributed by atoms with Crippen LogP contribution in [0.1, 0.15) is 49.8 Å². The molecule has 2 rings (SSSR count). The SMILES string of the molecule is CCNC(CC1CCC1)c1cc(C)ccc1OC. The summed E-state index contributed by atoms with van der Waals surface area (Å²) in [5.41, 5.74) is 2.63. The third kappa shape index (κ3) is 3.05. The molecule has 18 heavy (non-hydrogen) atoms. The molecule has 1 atom stereocenters. The van der Waals surface area contributed by atoms with E-state index in [0.29, 0.717) is 6.04 Å². The van der Waals surface area contributed by atoms with Gasteiger partial charge in [0, 0.05) is 11.6 Å². The topological polar surface area (TPSA) is 21.3 Å². The van der Waals surface area contributed by atoms with Crippen LogP contribution in [-0.4, -0.2) is 13.7 Å². The first-order valence-corrected chi connectivity index (χ1v) is 7.12. The maximum absolute atomic E-state index is 5.52. The largest absolute Gasteiger partial charge is 0.496 e. The highest BCUT2D eigenvalue weighted by molar-refractivity contribution is 5.39. The van der Waals surface area contributed by atoms with Crippen molar-refractivity contribution in [1.29, 1.82) is 0 Å². The minimum Gasteiger partial charge on any atom is -0.496 e. The molecular weight excluding hydrogens is 222 g/mol. The van der Waals surface area contributed by atoms with E-state index in [1.807, 2.05) is 0 Å². The van der Waals surface area contributed by atoms with Gasteiger partial charge in [0.2, 0.25) is 0 Å². The molecule has 0 bridgehead atoms. The number of aryl methyl sites for hydroxylation is 1. The number of hydrogen-bond acceptors (Lipinski definition) is 2. The van der Waals surface area contributed by atoms with Gasteiger partial charge in [0.05, 0.1) is 7.11 Å². The zero-order valence-corrected chi connectivity index (χ0v) is 11.8. The zero-order chi connectivity index (χ0) is 13.0. The minimum absolute atomic E-state index is 0.440. The molecule has 1 fully saturated rings. The molecule has 1 N–H and O–H groups in total. The first-order valence-electron chi connectivity index (χ1n) is 7.12. The van der Waals surface area contributed by atoms with Crippen LogP contribution >= 0.6 is 0 Å². The molecule has 0 spiro atoms. The van der Waals surface area contributed by atoms with Gasteiger partial charge in [0.15, 0.2) is 0 Å². The summed E-state index contributed by atoms with van der Waals surface area (Å²) in [6, 6.07) is 6.92. The Morgan fingerprint density at radius 2 is 2.17 bits per heavy atom. The standard InChI is InChI=1S/C16H25NO/c1-4-17-15(11-13-6-5-7-13)14-10-12(2)8-9-16(14)18-3/h8-10,13,15,17H,4-7,11H2,1-3H3. The normalized spacial score (nSPS) is 17.3. The molecule has 1 aliphatic carbocycles. The molecule has 100 valence electrons. The van der Waals surface area contributed by atoms with Gasteiger partial charge in [-0.25, -0.2) is 0 Å². The molecule has 1 aliphatic rings. The monoisotopic (exact) mass is 247 g/mol. The van der Waals surface area contributed by atoms with Crippen molar-refractivity contribution < 1.29 is 4.74 Å². The summed E-state index contributed by atoms with van der Waals surface area (Å²) in [7, 11) is 1.76. The number of benzene rings is 1. The van der Waals surface area contributed by atoms with Crippen LogP contribution in [0.4, 0.5) is 0 Å². The Balaban J connectivity index is 2.19. The second kappa shape index (κ2) is 6.24. The number of methoxy groups -OCH3 is 1. The van der Waals surface area contributed by atoms with E-state index in [4.69, 9.17) is 4.74 Å². The summed E-state index contributed by atoms with van der Waals surface area (Å²) >= 11 is 0. The molecule has 0 aromatic heterocycles. The zero-order valence-electron chi connectivity index (χ0n) is 11.8. The van der Waals surface area contributed by atoms with Crippen molar-refractivity contribution in [2.75, 3.05) is 13.7 Å². The number of ether oxygens (including phenoxy) is 1. The Hall–Kier alpha value is -1.02. The Morgan fingerprint density at radius 1 is 1.39 bits per heavy atom. The fourth-order valence-electron chi connectivity index (χ4n) is 2.75. The van der Waals surface area contributed by atoms with Crippen LogP contribution in [0.3, 0.4) is 0 Å². The van der Waals surface area contributed by atoms with Gasteiger partial charge in [0.1, 0.15) is 5.75 Å². The Kier molecular flexibility index (Phi) is 4.65. The van der Waals surface area contributed by atoms with Crippen molar-refractivity contribution in [3.8, 4) is 5.75 Å². The van der Waals surface area contributed by atoms with E-state index in [1.165, 1.54) is 36.8 Å². The van der Waals surface area contributed by atoms with Gasteiger partial charge in [-0.2, -0.15) is 0 Å². The lowest BCUT2D eigenvalue weighted by atomic mass is 9.79. The van der Waals surface area contributed by atoms with Crippen LogP contribution in [0.15, 0.2) is 18.2 Å². The minimum atomic E-state index is 0.440. The van der Waals surface area contributed by atoms with Crippen LogP contribution in [-0.2, 0) is 0 Å². The lowest BCUT2D eigenvalue weighted by Gasteiger charge is -2.31. The highest BCUT2D eigenvalue weighted by atomic mass is 16.5. The van der Waals surface area contributed by atoms with Crippen LogP contribution < -0.4 is 10.1 Å². The fraction of sp³-hybridized carbons (Fsp3) is 0.625. The van der Waals surface area contributed by atoms with E-state index >= 15 is 0 Å². The maximum atomic E-state index is 5.52. The molecule has 1 unspecified atom stereocenters. The lowest BCUT2D eigenvalue weighted by molar-refractivity contribution is 0.259. The second-order valence-corrected chi connectivity index (χ2v) is 5.39. The molecule has 2 nitrogen and oxygen atoms in total. The van der Waals surface area contributed by atoms with Gasteiger partial charge >= 0.3 is 0 Å². The van der Waals surface area contributed by atoms with E-state index in [9.17, 15) is 0 Å². The molecule has 1 aromatic carbocycles. The number of hydrogen-bond donors (Lipinski definition) is 1. The number of nitrogens with one attached hydrogen (secondary N) is 1. The quantitative estimate of drug-likeness (QED) is 0.824. The Labute approximate surface area is 111 Å². The molecule has 0 radical (unpaired) electrons. The molecule has 0 amide bonds. The fourth-order valence-corrected chi connectivity index (χ4v) is 2.75. The summed E-state index contributed by atoms with van der Waals surface area (Å²) in [5.74, 6) is 1.92. The summed E-state index contributed by atoms with van der Waals surface area (Å²) in [6.07, 6.45) is 5.45. The molecule has 0 heterocycles. The van der Waals surface area contributed by atoms with Crippen molar-refractivity contribution in [3.63, 3.8) is 0 Å². The third-order valence-corrected chi connectivity index (χ3v) is 4.00. The predicted molar refractivity (Wildman–Crippen MR) is 76.1 cm³/mol. The Morgan fingerprint density at radius 3 is 2.72 bits per heavy atom. The molecule has 1 aromatic rings. The van der Waals surface area contributed by atoms with Crippen molar-refractivity contribution in [3.05, 3.63) is 29.3 Å². The molecule has 0 saturated heterocycles. The van der Waals surface area contributed by atoms with E-state index in [0.717, 1.165) is 18.2 Å². The summed E-state index contributed by atoms with van der Waals surface area (Å²) in [4.78, 5) is 0. The van der Waals surface area contributed by atoms with Crippen LogP contribution in [0.5, 0.6) is 5.75 Å². The van der Waals surface area contributed by atoms with Gasteiger partial charge in [-0.05, 0) is 31.9 Å². The number of rotatable bonds is 6. The molecule has 2 heteroatoms. The van der Waals surface area contributed by atoms with Gasteiger partial charge in [-0.3, -0.25) is 0 Å². The van der Waals surface area contributed by atoms with Crippen LogP contribution in [0.25, 0.3) is 0 Å². The van der Waals surface area contributed by atoms with Crippen molar-refractivity contribution in [2.24, 2.45) is 5.92 Å².